The van der Waals surface area contributed by atoms with Gasteiger partial charge in [0.1, 0.15) is 11.6 Å². The normalized spacial score (nSPS) is 15.2. The van der Waals surface area contributed by atoms with Crippen molar-refractivity contribution in [3.63, 3.8) is 0 Å². The molecular formula is C17H23N7. The van der Waals surface area contributed by atoms with Gasteiger partial charge in [0, 0.05) is 12.7 Å². The Hall–Kier alpha value is -2.46. The van der Waals surface area contributed by atoms with Gasteiger partial charge in [0.25, 0.3) is 0 Å². The number of nitrogens with zero attached hydrogens (tertiary/aromatic N) is 6. The zero-order chi connectivity index (χ0) is 16.9. The summed E-state index contributed by atoms with van der Waals surface area (Å²) in [6, 6.07) is 2.20. The van der Waals surface area contributed by atoms with Crippen molar-refractivity contribution in [3.8, 4) is 6.07 Å². The summed E-state index contributed by atoms with van der Waals surface area (Å²) >= 11 is 0. The van der Waals surface area contributed by atoms with Gasteiger partial charge in [-0.2, -0.15) is 15.5 Å². The molecule has 1 aliphatic heterocycles. The van der Waals surface area contributed by atoms with Crippen LogP contribution < -0.4 is 5.32 Å². The number of nitriles is 1. The van der Waals surface area contributed by atoms with Gasteiger partial charge in [0.05, 0.1) is 24.1 Å². The van der Waals surface area contributed by atoms with Gasteiger partial charge in [-0.1, -0.05) is 6.42 Å². The van der Waals surface area contributed by atoms with Crippen LogP contribution in [0.2, 0.25) is 0 Å². The van der Waals surface area contributed by atoms with Crippen molar-refractivity contribution in [2.75, 3.05) is 25.0 Å². The van der Waals surface area contributed by atoms with E-state index in [-0.39, 0.29) is 0 Å². The molecule has 0 aromatic carbocycles. The predicted molar refractivity (Wildman–Crippen MR) is 92.0 cm³/mol. The highest BCUT2D eigenvalue weighted by molar-refractivity contribution is 5.63. The third-order valence-electron chi connectivity index (χ3n) is 4.56. The summed E-state index contributed by atoms with van der Waals surface area (Å²) < 4.78 is 1.93. The van der Waals surface area contributed by atoms with Crippen molar-refractivity contribution in [2.24, 2.45) is 0 Å². The minimum atomic E-state index is 0.483. The van der Waals surface area contributed by atoms with E-state index in [2.05, 4.69) is 31.6 Å². The number of likely N-dealkylation sites (tertiary alicyclic amines) is 1. The molecule has 7 nitrogen and oxygen atoms in total. The molecule has 3 rings (SSSR count). The third kappa shape index (κ3) is 3.71. The minimum absolute atomic E-state index is 0.483. The number of piperidine rings is 1. The number of hydrogen-bond acceptors (Lipinski definition) is 6. The molecule has 1 saturated heterocycles. The van der Waals surface area contributed by atoms with E-state index in [0.717, 1.165) is 30.0 Å². The molecule has 126 valence electrons. The number of hydrogen-bond donors (Lipinski definition) is 1. The molecule has 2 aromatic heterocycles. The first-order chi connectivity index (χ1) is 11.7. The molecule has 0 atom stereocenters. The smallest absolute Gasteiger partial charge is 0.171 e. The van der Waals surface area contributed by atoms with E-state index in [9.17, 15) is 5.26 Å². The molecule has 0 radical (unpaired) electrons. The summed E-state index contributed by atoms with van der Waals surface area (Å²) in [5.74, 6) is 0.483. The Morgan fingerprint density at radius 1 is 1.17 bits per heavy atom. The predicted octanol–water partition coefficient (Wildman–Crippen LogP) is 2.39. The standard InChI is InChI=1S/C17H23N7/c1-13-14(2)21-22-17(16(13)10-18)20-15-11-19-24(12-15)9-8-23-6-4-3-5-7-23/h11-12H,3-9H2,1-2H3,(H,20,22). The molecule has 2 aromatic rings. The van der Waals surface area contributed by atoms with E-state index in [4.69, 9.17) is 0 Å². The van der Waals surface area contributed by atoms with Crippen LogP contribution in [0.1, 0.15) is 36.1 Å². The van der Waals surface area contributed by atoms with E-state index >= 15 is 0 Å². The Balaban J connectivity index is 1.64. The molecule has 0 spiro atoms. The molecule has 0 bridgehead atoms. The molecule has 24 heavy (non-hydrogen) atoms. The van der Waals surface area contributed by atoms with Crippen LogP contribution in [0.4, 0.5) is 11.5 Å². The van der Waals surface area contributed by atoms with E-state index in [1.54, 1.807) is 6.20 Å². The lowest BCUT2D eigenvalue weighted by atomic mass is 10.1. The number of aromatic nitrogens is 4. The zero-order valence-electron chi connectivity index (χ0n) is 14.3. The zero-order valence-corrected chi connectivity index (χ0v) is 14.3. The third-order valence-corrected chi connectivity index (χ3v) is 4.56. The van der Waals surface area contributed by atoms with Gasteiger partial charge in [0.15, 0.2) is 5.82 Å². The van der Waals surface area contributed by atoms with Crippen molar-refractivity contribution >= 4 is 11.5 Å². The fraction of sp³-hybridized carbons (Fsp3) is 0.529. The van der Waals surface area contributed by atoms with Gasteiger partial charge in [-0.3, -0.25) is 4.68 Å². The Morgan fingerprint density at radius 2 is 1.96 bits per heavy atom. The highest BCUT2D eigenvalue weighted by atomic mass is 15.3. The second-order valence-electron chi connectivity index (χ2n) is 6.27. The Bertz CT molecular complexity index is 738. The Kier molecular flexibility index (Phi) is 5.06. The maximum Gasteiger partial charge on any atom is 0.171 e. The summed E-state index contributed by atoms with van der Waals surface area (Å²) in [5.41, 5.74) is 2.98. The number of nitrogens with one attached hydrogen (secondary N) is 1. The highest BCUT2D eigenvalue weighted by Crippen LogP contribution is 2.21. The van der Waals surface area contributed by atoms with Crippen LogP contribution in [0.25, 0.3) is 0 Å². The molecular weight excluding hydrogens is 302 g/mol. The largest absolute Gasteiger partial charge is 0.335 e. The highest BCUT2D eigenvalue weighted by Gasteiger charge is 2.13. The van der Waals surface area contributed by atoms with Crippen molar-refractivity contribution in [1.29, 1.82) is 5.26 Å². The molecule has 1 aliphatic rings. The number of aryl methyl sites for hydroxylation is 1. The average Bonchev–Trinajstić information content (AvgIpc) is 3.05. The molecule has 0 unspecified atom stereocenters. The van der Waals surface area contributed by atoms with Gasteiger partial charge in [-0.15, -0.1) is 5.10 Å². The summed E-state index contributed by atoms with van der Waals surface area (Å²) in [6.45, 7) is 8.01. The van der Waals surface area contributed by atoms with E-state index in [0.29, 0.717) is 11.4 Å². The van der Waals surface area contributed by atoms with Crippen LogP contribution in [-0.2, 0) is 6.54 Å². The summed E-state index contributed by atoms with van der Waals surface area (Å²) in [4.78, 5) is 2.49. The second kappa shape index (κ2) is 7.41. The Labute approximate surface area is 142 Å². The van der Waals surface area contributed by atoms with Crippen molar-refractivity contribution in [3.05, 3.63) is 29.2 Å². The maximum absolute atomic E-state index is 9.35. The first-order valence-electron chi connectivity index (χ1n) is 8.43. The van der Waals surface area contributed by atoms with Crippen molar-refractivity contribution in [2.45, 2.75) is 39.7 Å². The van der Waals surface area contributed by atoms with Crippen LogP contribution in [0.15, 0.2) is 12.4 Å². The monoisotopic (exact) mass is 325 g/mol. The summed E-state index contributed by atoms with van der Waals surface area (Å²) in [5, 5.41) is 25.1. The van der Waals surface area contributed by atoms with Gasteiger partial charge < -0.3 is 10.2 Å². The molecule has 7 heteroatoms. The van der Waals surface area contributed by atoms with Gasteiger partial charge in [0.2, 0.25) is 0 Å². The molecule has 0 amide bonds. The van der Waals surface area contributed by atoms with Gasteiger partial charge in [-0.25, -0.2) is 0 Å². The van der Waals surface area contributed by atoms with E-state index < -0.39 is 0 Å². The fourth-order valence-corrected chi connectivity index (χ4v) is 2.95. The molecule has 1 N–H and O–H groups in total. The van der Waals surface area contributed by atoms with Crippen LogP contribution in [0.3, 0.4) is 0 Å². The van der Waals surface area contributed by atoms with Crippen molar-refractivity contribution < 1.29 is 0 Å². The molecule has 3 heterocycles. The molecule has 0 saturated carbocycles. The lowest BCUT2D eigenvalue weighted by molar-refractivity contribution is 0.218. The second-order valence-corrected chi connectivity index (χ2v) is 6.27. The first kappa shape index (κ1) is 16.4. The first-order valence-corrected chi connectivity index (χ1v) is 8.43. The fourth-order valence-electron chi connectivity index (χ4n) is 2.95. The van der Waals surface area contributed by atoms with E-state index in [1.807, 2.05) is 24.7 Å². The Morgan fingerprint density at radius 3 is 2.71 bits per heavy atom. The van der Waals surface area contributed by atoms with Crippen LogP contribution in [0.5, 0.6) is 0 Å². The summed E-state index contributed by atoms with van der Waals surface area (Å²) in [6.07, 6.45) is 7.66. The maximum atomic E-state index is 9.35. The lowest BCUT2D eigenvalue weighted by Gasteiger charge is -2.26. The van der Waals surface area contributed by atoms with Gasteiger partial charge in [-0.05, 0) is 45.3 Å². The number of anilines is 2. The molecule has 1 fully saturated rings. The lowest BCUT2D eigenvalue weighted by Crippen LogP contribution is -2.32. The van der Waals surface area contributed by atoms with Crippen LogP contribution in [-0.4, -0.2) is 44.5 Å². The minimum Gasteiger partial charge on any atom is -0.335 e. The SMILES string of the molecule is Cc1nnc(Nc2cnn(CCN3CCCCC3)c2)c(C#N)c1C. The van der Waals surface area contributed by atoms with Gasteiger partial charge >= 0.3 is 0 Å². The van der Waals surface area contributed by atoms with E-state index in [1.165, 1.54) is 32.4 Å². The summed E-state index contributed by atoms with van der Waals surface area (Å²) in [7, 11) is 0. The average molecular weight is 325 g/mol. The van der Waals surface area contributed by atoms with Crippen molar-refractivity contribution in [1.82, 2.24) is 24.9 Å². The number of rotatable bonds is 5. The topological polar surface area (TPSA) is 82.7 Å². The quantitative estimate of drug-likeness (QED) is 0.909. The van der Waals surface area contributed by atoms with Crippen LogP contribution >= 0.6 is 0 Å². The molecule has 0 aliphatic carbocycles. The van der Waals surface area contributed by atoms with Crippen LogP contribution in [0, 0.1) is 25.2 Å².